The van der Waals surface area contributed by atoms with E-state index in [2.05, 4.69) is 0 Å². The number of rotatable bonds is 1. The first-order valence-electron chi connectivity index (χ1n) is 6.63. The van der Waals surface area contributed by atoms with E-state index in [9.17, 15) is 5.11 Å². The van der Waals surface area contributed by atoms with Gasteiger partial charge in [-0.1, -0.05) is 0 Å². The second-order valence-electron chi connectivity index (χ2n) is 6.40. The van der Waals surface area contributed by atoms with Crippen LogP contribution in [0.25, 0.3) is 0 Å². The quantitative estimate of drug-likeness (QED) is 0.761. The molecule has 0 bridgehead atoms. The minimum absolute atomic E-state index is 0.0258. The molecule has 5 nitrogen and oxygen atoms in total. The molecule has 2 saturated heterocycles. The molecule has 0 aromatic rings. The topological polar surface area (TPSA) is 57.2 Å². The molecule has 1 N–H and O–H groups in total. The highest BCUT2D eigenvalue weighted by Crippen LogP contribution is 2.44. The number of fused-ring (bicyclic) bond motifs is 1. The molecule has 3 aliphatic rings. The lowest BCUT2D eigenvalue weighted by molar-refractivity contribution is -0.180. The fourth-order valence-electron chi connectivity index (χ4n) is 3.28. The lowest BCUT2D eigenvalue weighted by Crippen LogP contribution is -2.38. The van der Waals surface area contributed by atoms with Crippen LogP contribution < -0.4 is 0 Å². The first kappa shape index (κ1) is 12.8. The van der Waals surface area contributed by atoms with Gasteiger partial charge in [0, 0.05) is 5.92 Å². The molecule has 5 atom stereocenters. The van der Waals surface area contributed by atoms with E-state index in [1.807, 2.05) is 27.7 Å². The average Bonchev–Trinajstić information content (AvgIpc) is 2.81. The fraction of sp³-hybridized carbons (Fsp3) is 1.00. The predicted octanol–water partition coefficient (Wildman–Crippen LogP) is 1.04. The molecule has 5 heteroatoms. The second kappa shape index (κ2) is 3.90. The van der Waals surface area contributed by atoms with E-state index in [1.165, 1.54) is 0 Å². The molecule has 1 saturated carbocycles. The van der Waals surface area contributed by atoms with Crippen molar-refractivity contribution in [2.45, 2.75) is 70.1 Å². The number of hydrogen-bond donors (Lipinski definition) is 1. The van der Waals surface area contributed by atoms with Crippen LogP contribution in [-0.4, -0.2) is 47.7 Å². The van der Waals surface area contributed by atoms with Gasteiger partial charge in [-0.15, -0.1) is 0 Å². The normalized spacial score (nSPS) is 49.5. The molecule has 2 aliphatic heterocycles. The predicted molar refractivity (Wildman–Crippen MR) is 62.8 cm³/mol. The smallest absolute Gasteiger partial charge is 0.163 e. The molecule has 18 heavy (non-hydrogen) atoms. The summed E-state index contributed by atoms with van der Waals surface area (Å²) >= 11 is 0. The van der Waals surface area contributed by atoms with Gasteiger partial charge in [0.25, 0.3) is 0 Å². The van der Waals surface area contributed by atoms with E-state index >= 15 is 0 Å². The van der Waals surface area contributed by atoms with Crippen LogP contribution in [0.5, 0.6) is 0 Å². The second-order valence-corrected chi connectivity index (χ2v) is 6.40. The molecule has 0 amide bonds. The standard InChI is InChI=1S/C13H22O5/c1-12(2)15-6-9(17-12)7-5-8-11(10(7)14)18-13(3,4)16-8/h7-11,14H,5-6H2,1-4H3/t7-,8+,9+,10+,11+/m1/s1. The van der Waals surface area contributed by atoms with Crippen molar-refractivity contribution in [3.05, 3.63) is 0 Å². The fourth-order valence-corrected chi connectivity index (χ4v) is 3.28. The monoisotopic (exact) mass is 258 g/mol. The first-order chi connectivity index (χ1) is 8.27. The summed E-state index contributed by atoms with van der Waals surface area (Å²) in [6.07, 6.45) is -0.126. The van der Waals surface area contributed by atoms with Gasteiger partial charge in [0.15, 0.2) is 11.6 Å². The third-order valence-corrected chi connectivity index (χ3v) is 4.01. The highest BCUT2D eigenvalue weighted by Gasteiger charge is 2.56. The van der Waals surface area contributed by atoms with Gasteiger partial charge in [-0.3, -0.25) is 0 Å². The molecule has 0 aromatic heterocycles. The third kappa shape index (κ3) is 2.08. The lowest BCUT2D eigenvalue weighted by atomic mass is 9.98. The summed E-state index contributed by atoms with van der Waals surface area (Å²) in [6.45, 7) is 8.07. The number of aliphatic hydroxyl groups is 1. The van der Waals surface area contributed by atoms with Crippen molar-refractivity contribution in [1.29, 1.82) is 0 Å². The molecular weight excluding hydrogens is 236 g/mol. The van der Waals surface area contributed by atoms with Gasteiger partial charge in [-0.2, -0.15) is 0 Å². The van der Waals surface area contributed by atoms with Gasteiger partial charge < -0.3 is 24.1 Å². The van der Waals surface area contributed by atoms with E-state index < -0.39 is 17.7 Å². The molecule has 3 rings (SSSR count). The summed E-state index contributed by atoms with van der Waals surface area (Å²) < 4.78 is 23.0. The maximum atomic E-state index is 10.4. The number of hydrogen-bond acceptors (Lipinski definition) is 5. The Morgan fingerprint density at radius 2 is 1.61 bits per heavy atom. The first-order valence-corrected chi connectivity index (χ1v) is 6.63. The van der Waals surface area contributed by atoms with E-state index in [0.717, 1.165) is 6.42 Å². The zero-order valence-corrected chi connectivity index (χ0v) is 11.4. The van der Waals surface area contributed by atoms with Crippen LogP contribution in [0.3, 0.4) is 0 Å². The number of ether oxygens (including phenoxy) is 4. The molecule has 3 fully saturated rings. The van der Waals surface area contributed by atoms with Gasteiger partial charge in [0.1, 0.15) is 6.10 Å². The Labute approximate surface area is 107 Å². The summed E-state index contributed by atoms with van der Waals surface area (Å²) in [4.78, 5) is 0. The maximum absolute atomic E-state index is 10.4. The van der Waals surface area contributed by atoms with Crippen molar-refractivity contribution in [2.75, 3.05) is 6.61 Å². The molecule has 0 radical (unpaired) electrons. The Balaban J connectivity index is 1.68. The van der Waals surface area contributed by atoms with Gasteiger partial charge in [-0.05, 0) is 34.1 Å². The molecular formula is C13H22O5. The number of aliphatic hydroxyl groups excluding tert-OH is 1. The van der Waals surface area contributed by atoms with Crippen molar-refractivity contribution < 1.29 is 24.1 Å². The third-order valence-electron chi connectivity index (χ3n) is 4.01. The Morgan fingerprint density at radius 1 is 0.944 bits per heavy atom. The average molecular weight is 258 g/mol. The maximum Gasteiger partial charge on any atom is 0.163 e. The zero-order chi connectivity index (χ0) is 13.1. The van der Waals surface area contributed by atoms with Crippen LogP contribution >= 0.6 is 0 Å². The summed E-state index contributed by atoms with van der Waals surface area (Å²) in [5.41, 5.74) is 0. The highest BCUT2D eigenvalue weighted by atomic mass is 16.8. The van der Waals surface area contributed by atoms with Crippen LogP contribution in [0.2, 0.25) is 0 Å². The lowest BCUT2D eigenvalue weighted by Gasteiger charge is -2.27. The summed E-state index contributed by atoms with van der Waals surface area (Å²) in [5, 5.41) is 10.4. The Bertz CT molecular complexity index is 340. The highest BCUT2D eigenvalue weighted by molar-refractivity contribution is 5.01. The van der Waals surface area contributed by atoms with Crippen LogP contribution in [0.1, 0.15) is 34.1 Å². The molecule has 2 heterocycles. The molecule has 1 aliphatic carbocycles. The van der Waals surface area contributed by atoms with E-state index in [0.29, 0.717) is 6.61 Å². The largest absolute Gasteiger partial charge is 0.390 e. The Hall–Kier alpha value is -0.200. The van der Waals surface area contributed by atoms with Crippen LogP contribution in [0, 0.1) is 5.92 Å². The minimum Gasteiger partial charge on any atom is -0.390 e. The molecule has 104 valence electrons. The van der Waals surface area contributed by atoms with E-state index in [-0.39, 0.29) is 24.2 Å². The SMILES string of the molecule is CC1(C)OC[C@@H]([C@H]2C[C@@H]3OC(C)(C)O[C@@H]3[C@H]2O)O1. The van der Waals surface area contributed by atoms with Crippen molar-refractivity contribution in [3.8, 4) is 0 Å². The van der Waals surface area contributed by atoms with E-state index in [1.54, 1.807) is 0 Å². The van der Waals surface area contributed by atoms with Crippen molar-refractivity contribution >= 4 is 0 Å². The summed E-state index contributed by atoms with van der Waals surface area (Å²) in [5.74, 6) is -1.12. The zero-order valence-electron chi connectivity index (χ0n) is 11.4. The Morgan fingerprint density at radius 3 is 2.17 bits per heavy atom. The Kier molecular flexibility index (Phi) is 2.78. The van der Waals surface area contributed by atoms with Gasteiger partial charge >= 0.3 is 0 Å². The van der Waals surface area contributed by atoms with Crippen molar-refractivity contribution in [1.82, 2.24) is 0 Å². The van der Waals surface area contributed by atoms with E-state index in [4.69, 9.17) is 18.9 Å². The van der Waals surface area contributed by atoms with Crippen LogP contribution in [0.15, 0.2) is 0 Å². The molecule has 0 spiro atoms. The van der Waals surface area contributed by atoms with Gasteiger partial charge in [-0.25, -0.2) is 0 Å². The summed E-state index contributed by atoms with van der Waals surface area (Å²) in [7, 11) is 0. The van der Waals surface area contributed by atoms with Crippen LogP contribution in [-0.2, 0) is 18.9 Å². The van der Waals surface area contributed by atoms with Gasteiger partial charge in [0.05, 0.1) is 24.9 Å². The van der Waals surface area contributed by atoms with Crippen molar-refractivity contribution in [3.63, 3.8) is 0 Å². The van der Waals surface area contributed by atoms with Crippen molar-refractivity contribution in [2.24, 2.45) is 5.92 Å². The summed E-state index contributed by atoms with van der Waals surface area (Å²) in [6, 6.07) is 0. The minimum atomic E-state index is -0.590. The van der Waals surface area contributed by atoms with Crippen LogP contribution in [0.4, 0.5) is 0 Å². The molecule has 0 unspecified atom stereocenters. The van der Waals surface area contributed by atoms with Gasteiger partial charge in [0.2, 0.25) is 0 Å². The molecule has 0 aromatic carbocycles.